The van der Waals surface area contributed by atoms with Crippen LogP contribution in [0.25, 0.3) is 0 Å². The maximum atomic E-state index is 13.1. The third-order valence-electron chi connectivity index (χ3n) is 7.75. The predicted octanol–water partition coefficient (Wildman–Crippen LogP) is -0.0660. The van der Waals surface area contributed by atoms with Crippen molar-refractivity contribution in [3.63, 3.8) is 0 Å². The lowest BCUT2D eigenvalue weighted by Gasteiger charge is -2.44. The molecule has 55 heavy (non-hydrogen) atoms. The summed E-state index contributed by atoms with van der Waals surface area (Å²) in [5.74, 6) is -3.33. The summed E-state index contributed by atoms with van der Waals surface area (Å²) >= 11 is 0. The third-order valence-corrected chi connectivity index (χ3v) is 7.75. The number of hydrogen-bond acceptors (Lipinski definition) is 16. The minimum Gasteiger partial charge on any atom is -0.463 e. The van der Waals surface area contributed by atoms with Crippen LogP contribution in [0.15, 0.2) is 48.5 Å². The predicted molar refractivity (Wildman–Crippen MR) is 188 cm³/mol. The van der Waals surface area contributed by atoms with Crippen LogP contribution in [-0.4, -0.2) is 126 Å². The maximum Gasteiger partial charge on any atom is 0.303 e. The van der Waals surface area contributed by atoms with Gasteiger partial charge in [0.15, 0.2) is 12.2 Å². The zero-order chi connectivity index (χ0) is 40.8. The first kappa shape index (κ1) is 44.1. The molecular formula is C36H47N3O16. The summed E-state index contributed by atoms with van der Waals surface area (Å²) in [5.41, 5.74) is 0.568. The van der Waals surface area contributed by atoms with Crippen LogP contribution in [0.4, 0.5) is 5.69 Å². The highest BCUT2D eigenvalue weighted by Crippen LogP contribution is 2.30. The topological polar surface area (TPSA) is 264 Å². The maximum absolute atomic E-state index is 13.1. The lowest BCUT2D eigenvalue weighted by molar-refractivity contribution is -0.257. The van der Waals surface area contributed by atoms with Gasteiger partial charge in [0.1, 0.15) is 42.4 Å². The molecule has 0 spiro atoms. The van der Waals surface area contributed by atoms with Crippen molar-refractivity contribution in [3.8, 4) is 11.5 Å². The van der Waals surface area contributed by atoms with Crippen LogP contribution in [0, 0.1) is 0 Å². The Morgan fingerprint density at radius 2 is 1.38 bits per heavy atom. The second kappa shape index (κ2) is 20.9. The molecule has 1 aliphatic rings. The Labute approximate surface area is 316 Å². The normalized spacial score (nSPS) is 21.4. The van der Waals surface area contributed by atoms with Gasteiger partial charge < -0.3 is 64.4 Å². The Bertz CT molecular complexity index is 1620. The number of ether oxygens (including phenoxy) is 7. The summed E-state index contributed by atoms with van der Waals surface area (Å²) in [4.78, 5) is 72.7. The second-order valence-corrected chi connectivity index (χ2v) is 12.4. The van der Waals surface area contributed by atoms with E-state index in [9.17, 15) is 44.1 Å². The van der Waals surface area contributed by atoms with Gasteiger partial charge >= 0.3 is 17.9 Å². The van der Waals surface area contributed by atoms with Crippen LogP contribution < -0.4 is 25.4 Å². The van der Waals surface area contributed by atoms with Crippen LogP contribution in [0.5, 0.6) is 11.5 Å². The minimum atomic E-state index is -1.35. The van der Waals surface area contributed by atoms with Crippen LogP contribution in [0.1, 0.15) is 51.9 Å². The zero-order valence-electron chi connectivity index (χ0n) is 31.1. The van der Waals surface area contributed by atoms with Gasteiger partial charge in [-0.3, -0.25) is 28.8 Å². The largest absolute Gasteiger partial charge is 0.463 e. The number of aliphatic hydroxyl groups excluding tert-OH is 3. The standard InChI is InChI=1S/C36H47N3O16/c1-18(42)29(16-41)54-35(28(15-40)37-19(2)43)52-26-11-7-24(8-12-26)34(48)39-25-9-13-27(14-10-25)53-36-31(38-20(3)44)33(51-23(6)47)32(50-22(5)46)30(55-36)17-49-21(4)45/h7-14,18,28-33,35-36,40-42H,15-17H2,1-6H3,(H,37,43)(H,38,44)(H,39,48)/t18-,28-,29?,30?,31?,32?,33?,35?,36?/m0/s1. The first-order chi connectivity index (χ1) is 26.0. The molecule has 1 fully saturated rings. The van der Waals surface area contributed by atoms with E-state index in [2.05, 4.69) is 16.0 Å². The molecular weight excluding hydrogens is 730 g/mol. The van der Waals surface area contributed by atoms with E-state index >= 15 is 0 Å². The van der Waals surface area contributed by atoms with Crippen molar-refractivity contribution in [1.82, 2.24) is 10.6 Å². The first-order valence-corrected chi connectivity index (χ1v) is 17.1. The lowest BCUT2D eigenvalue weighted by atomic mass is 9.96. The van der Waals surface area contributed by atoms with E-state index in [0.717, 1.165) is 20.8 Å². The Morgan fingerprint density at radius 3 is 1.89 bits per heavy atom. The molecule has 0 saturated carbocycles. The number of rotatable bonds is 18. The summed E-state index contributed by atoms with van der Waals surface area (Å²) < 4.78 is 39.5. The number of carbonyl (C=O) groups is 6. The van der Waals surface area contributed by atoms with Gasteiger partial charge in [-0.25, -0.2) is 0 Å². The quantitative estimate of drug-likeness (QED) is 0.0658. The van der Waals surface area contributed by atoms with Crippen molar-refractivity contribution in [2.75, 3.05) is 25.1 Å². The molecule has 19 nitrogen and oxygen atoms in total. The molecule has 1 saturated heterocycles. The number of benzene rings is 2. The molecule has 2 aromatic rings. The number of nitrogens with one attached hydrogen (secondary N) is 3. The van der Waals surface area contributed by atoms with E-state index in [-0.39, 0.29) is 17.1 Å². The van der Waals surface area contributed by atoms with Crippen LogP contribution in [0.2, 0.25) is 0 Å². The van der Waals surface area contributed by atoms with E-state index in [1.54, 1.807) is 0 Å². The number of aliphatic hydroxyl groups is 3. The van der Waals surface area contributed by atoms with E-state index in [1.165, 1.54) is 69.3 Å². The van der Waals surface area contributed by atoms with E-state index in [4.69, 9.17) is 33.2 Å². The van der Waals surface area contributed by atoms with Gasteiger partial charge in [-0.05, 0) is 55.5 Å². The molecule has 302 valence electrons. The van der Waals surface area contributed by atoms with Crippen LogP contribution >= 0.6 is 0 Å². The fraction of sp³-hybridized carbons (Fsp3) is 0.500. The molecule has 0 aliphatic carbocycles. The average molecular weight is 778 g/mol. The van der Waals surface area contributed by atoms with E-state index < -0.39 is 111 Å². The van der Waals surface area contributed by atoms with Crippen molar-refractivity contribution in [1.29, 1.82) is 0 Å². The molecule has 0 aromatic heterocycles. The fourth-order valence-corrected chi connectivity index (χ4v) is 5.31. The summed E-state index contributed by atoms with van der Waals surface area (Å²) in [6.45, 7) is 5.69. The third kappa shape index (κ3) is 13.8. The van der Waals surface area contributed by atoms with Crippen LogP contribution in [-0.2, 0) is 47.7 Å². The molecule has 2 aromatic carbocycles. The van der Waals surface area contributed by atoms with Gasteiger partial charge in [0.25, 0.3) is 5.91 Å². The van der Waals surface area contributed by atoms with Crippen molar-refractivity contribution >= 4 is 41.3 Å². The Hall–Kier alpha value is -5.34. The first-order valence-electron chi connectivity index (χ1n) is 17.1. The van der Waals surface area contributed by atoms with E-state index in [0.29, 0.717) is 5.69 Å². The molecule has 6 N–H and O–H groups in total. The van der Waals surface area contributed by atoms with Gasteiger partial charge in [-0.1, -0.05) is 0 Å². The van der Waals surface area contributed by atoms with Gasteiger partial charge in [-0.2, -0.15) is 0 Å². The molecule has 3 rings (SSSR count). The lowest BCUT2D eigenvalue weighted by Crippen LogP contribution is -2.67. The molecule has 3 amide bonds. The van der Waals surface area contributed by atoms with E-state index in [1.807, 2.05) is 0 Å². The van der Waals surface area contributed by atoms with Crippen molar-refractivity contribution in [2.45, 2.75) is 96.7 Å². The molecule has 0 radical (unpaired) electrons. The monoisotopic (exact) mass is 777 g/mol. The molecule has 7 unspecified atom stereocenters. The Morgan fingerprint density at radius 1 is 0.782 bits per heavy atom. The highest BCUT2D eigenvalue weighted by atomic mass is 16.7. The summed E-state index contributed by atoms with van der Waals surface area (Å²) in [7, 11) is 0. The summed E-state index contributed by atoms with van der Waals surface area (Å²) in [6.07, 6.45) is -8.64. The van der Waals surface area contributed by atoms with Crippen molar-refractivity contribution in [3.05, 3.63) is 54.1 Å². The molecule has 1 heterocycles. The fourth-order valence-electron chi connectivity index (χ4n) is 5.31. The SMILES string of the molecule is CC(=O)NC1C(Oc2ccc(NC(=O)c3ccc(OC(OC(CO)[C@H](C)O)[C@H](CO)NC(C)=O)cc3)cc2)OC(COC(C)=O)C(OC(C)=O)C1OC(C)=O. The second-order valence-electron chi connectivity index (χ2n) is 12.4. The molecule has 19 heteroatoms. The smallest absolute Gasteiger partial charge is 0.303 e. The minimum absolute atomic E-state index is 0.182. The van der Waals surface area contributed by atoms with Crippen molar-refractivity contribution in [2.24, 2.45) is 0 Å². The van der Waals surface area contributed by atoms with Gasteiger partial charge in [-0.15, -0.1) is 0 Å². The van der Waals surface area contributed by atoms with Gasteiger partial charge in [0.2, 0.25) is 24.4 Å². The van der Waals surface area contributed by atoms with Gasteiger partial charge in [0.05, 0.1) is 19.3 Å². The number of amides is 3. The number of esters is 3. The molecule has 1 aliphatic heterocycles. The van der Waals surface area contributed by atoms with Gasteiger partial charge in [0, 0.05) is 45.9 Å². The van der Waals surface area contributed by atoms with Crippen LogP contribution in [0.3, 0.4) is 0 Å². The highest BCUT2D eigenvalue weighted by molar-refractivity contribution is 6.04. The number of anilines is 1. The highest BCUT2D eigenvalue weighted by Gasteiger charge is 2.52. The summed E-state index contributed by atoms with van der Waals surface area (Å²) in [6, 6.07) is 9.53. The number of hydrogen-bond donors (Lipinski definition) is 6. The molecule has 9 atom stereocenters. The van der Waals surface area contributed by atoms with Crippen molar-refractivity contribution < 1.29 is 77.2 Å². The average Bonchev–Trinajstić information content (AvgIpc) is 3.11. The zero-order valence-corrected chi connectivity index (χ0v) is 31.1. The number of carbonyl (C=O) groups excluding carboxylic acids is 6. The Balaban J connectivity index is 1.76. The molecule has 0 bridgehead atoms. The summed E-state index contributed by atoms with van der Waals surface area (Å²) in [5, 5.41) is 37.2. The Kier molecular flexibility index (Phi) is 16.8.